The summed E-state index contributed by atoms with van der Waals surface area (Å²) in [7, 11) is 0. The predicted molar refractivity (Wildman–Crippen MR) is 80.7 cm³/mol. The molecule has 1 rings (SSSR count). The molecular weight excluding hydrogens is 274 g/mol. The zero-order chi connectivity index (χ0) is 15.2. The highest BCUT2D eigenvalue weighted by atomic mass is 32.2. The fraction of sp³-hybridized carbons (Fsp3) is 0.500. The van der Waals surface area contributed by atoms with Crippen molar-refractivity contribution in [2.75, 3.05) is 6.54 Å². The van der Waals surface area contributed by atoms with E-state index in [0.717, 1.165) is 0 Å². The minimum Gasteiger partial charge on any atom is -0.300 e. The van der Waals surface area contributed by atoms with Crippen LogP contribution in [0.1, 0.15) is 27.2 Å². The summed E-state index contributed by atoms with van der Waals surface area (Å²) in [6.07, 6.45) is 0.619. The van der Waals surface area contributed by atoms with Crippen LogP contribution in [-0.4, -0.2) is 22.3 Å². The normalized spacial score (nSPS) is 15.1. The first-order chi connectivity index (χ1) is 9.41. The van der Waals surface area contributed by atoms with Crippen molar-refractivity contribution in [2.45, 2.75) is 42.9 Å². The zero-order valence-corrected chi connectivity index (χ0v) is 12.7. The SMILES string of the molecule is CCNC(C)(C#N)CC(C)Sc1ccccc1[N+](=O)[O-]. The van der Waals surface area contributed by atoms with Gasteiger partial charge in [-0.05, 0) is 26.0 Å². The van der Waals surface area contributed by atoms with Crippen LogP contribution in [0.3, 0.4) is 0 Å². The molecule has 20 heavy (non-hydrogen) atoms. The molecule has 0 aliphatic rings. The molecule has 0 bridgehead atoms. The Balaban J connectivity index is 2.79. The van der Waals surface area contributed by atoms with Gasteiger partial charge in [0.25, 0.3) is 5.69 Å². The molecule has 1 N–H and O–H groups in total. The molecule has 0 aliphatic carbocycles. The summed E-state index contributed by atoms with van der Waals surface area (Å²) in [5.74, 6) is 0. The van der Waals surface area contributed by atoms with E-state index in [0.29, 0.717) is 17.9 Å². The van der Waals surface area contributed by atoms with Gasteiger partial charge in [0.2, 0.25) is 0 Å². The van der Waals surface area contributed by atoms with Crippen molar-refractivity contribution in [2.24, 2.45) is 0 Å². The molecule has 0 heterocycles. The van der Waals surface area contributed by atoms with E-state index >= 15 is 0 Å². The van der Waals surface area contributed by atoms with E-state index in [1.54, 1.807) is 18.2 Å². The second-order valence-corrected chi connectivity index (χ2v) is 6.31. The van der Waals surface area contributed by atoms with Crippen LogP contribution >= 0.6 is 11.8 Å². The number of thioether (sulfide) groups is 1. The highest BCUT2D eigenvalue weighted by Crippen LogP contribution is 2.34. The zero-order valence-electron chi connectivity index (χ0n) is 11.9. The van der Waals surface area contributed by atoms with Crippen LogP contribution in [0.25, 0.3) is 0 Å². The molecular formula is C14H19N3O2S. The highest BCUT2D eigenvalue weighted by molar-refractivity contribution is 8.00. The quantitative estimate of drug-likeness (QED) is 0.474. The van der Waals surface area contributed by atoms with Gasteiger partial charge in [0.15, 0.2) is 0 Å². The topological polar surface area (TPSA) is 79.0 Å². The van der Waals surface area contributed by atoms with Gasteiger partial charge in [0.05, 0.1) is 15.9 Å². The Kier molecular flexibility index (Phi) is 5.99. The van der Waals surface area contributed by atoms with Crippen molar-refractivity contribution >= 4 is 17.4 Å². The van der Waals surface area contributed by atoms with E-state index in [-0.39, 0.29) is 15.9 Å². The second-order valence-electron chi connectivity index (χ2n) is 4.83. The molecule has 2 atom stereocenters. The largest absolute Gasteiger partial charge is 0.300 e. The Labute approximate surface area is 123 Å². The molecule has 0 amide bonds. The Bertz CT molecular complexity index is 515. The molecule has 0 saturated carbocycles. The Hall–Kier alpha value is -1.58. The molecule has 0 spiro atoms. The smallest absolute Gasteiger partial charge is 0.282 e. The van der Waals surface area contributed by atoms with Gasteiger partial charge >= 0.3 is 0 Å². The standard InChI is InChI=1S/C14H19N3O2S/c1-4-16-14(3,10-15)9-11(2)20-13-8-6-5-7-12(13)17(18)19/h5-8,11,16H,4,9H2,1-3H3. The van der Waals surface area contributed by atoms with Crippen molar-refractivity contribution in [3.63, 3.8) is 0 Å². The highest BCUT2D eigenvalue weighted by Gasteiger charge is 2.26. The fourth-order valence-corrected chi connectivity index (χ4v) is 3.36. The maximum Gasteiger partial charge on any atom is 0.282 e. The number of hydrogen-bond donors (Lipinski definition) is 1. The summed E-state index contributed by atoms with van der Waals surface area (Å²) in [4.78, 5) is 11.2. The molecule has 0 aromatic heterocycles. The lowest BCUT2D eigenvalue weighted by Gasteiger charge is -2.25. The predicted octanol–water partition coefficient (Wildman–Crippen LogP) is 3.36. The van der Waals surface area contributed by atoms with Gasteiger partial charge in [-0.15, -0.1) is 11.8 Å². The first-order valence-electron chi connectivity index (χ1n) is 6.48. The van der Waals surface area contributed by atoms with Gasteiger partial charge in [-0.25, -0.2) is 0 Å². The summed E-state index contributed by atoms with van der Waals surface area (Å²) < 4.78 is 0. The monoisotopic (exact) mass is 293 g/mol. The summed E-state index contributed by atoms with van der Waals surface area (Å²) in [6.45, 7) is 6.50. The molecule has 0 radical (unpaired) electrons. The van der Waals surface area contributed by atoms with Crippen LogP contribution < -0.4 is 5.32 Å². The molecule has 0 fully saturated rings. The first-order valence-corrected chi connectivity index (χ1v) is 7.36. The summed E-state index contributed by atoms with van der Waals surface area (Å²) in [5, 5.41) is 23.5. The van der Waals surface area contributed by atoms with E-state index in [4.69, 9.17) is 0 Å². The van der Waals surface area contributed by atoms with Gasteiger partial charge in [-0.3, -0.25) is 15.4 Å². The molecule has 1 aromatic carbocycles. The lowest BCUT2D eigenvalue weighted by atomic mass is 9.98. The van der Waals surface area contributed by atoms with Gasteiger partial charge in [0.1, 0.15) is 5.54 Å². The number of nitrogens with one attached hydrogen (secondary N) is 1. The summed E-state index contributed by atoms with van der Waals surface area (Å²) >= 11 is 1.43. The van der Waals surface area contributed by atoms with Crippen LogP contribution in [-0.2, 0) is 0 Å². The minimum atomic E-state index is -0.606. The van der Waals surface area contributed by atoms with Crippen LogP contribution in [0.2, 0.25) is 0 Å². The maximum atomic E-state index is 11.0. The van der Waals surface area contributed by atoms with Gasteiger partial charge < -0.3 is 0 Å². The van der Waals surface area contributed by atoms with Crippen LogP contribution in [0.15, 0.2) is 29.2 Å². The number of benzene rings is 1. The van der Waals surface area contributed by atoms with Crippen LogP contribution in [0, 0.1) is 21.4 Å². The van der Waals surface area contributed by atoms with E-state index in [1.807, 2.05) is 20.8 Å². The van der Waals surface area contributed by atoms with Crippen molar-refractivity contribution in [1.29, 1.82) is 5.26 Å². The molecule has 0 aliphatic heterocycles. The third-order valence-corrected chi connectivity index (χ3v) is 4.07. The first kappa shape index (κ1) is 16.5. The average Bonchev–Trinajstić information content (AvgIpc) is 2.39. The van der Waals surface area contributed by atoms with Gasteiger partial charge in [-0.2, -0.15) is 5.26 Å². The van der Waals surface area contributed by atoms with Gasteiger partial charge in [-0.1, -0.05) is 26.0 Å². The summed E-state index contributed by atoms with van der Waals surface area (Å²) in [6, 6.07) is 8.97. The van der Waals surface area contributed by atoms with Crippen LogP contribution in [0.5, 0.6) is 0 Å². The minimum absolute atomic E-state index is 0.0970. The van der Waals surface area contributed by atoms with E-state index in [1.165, 1.54) is 17.8 Å². The third-order valence-electron chi connectivity index (χ3n) is 2.90. The molecule has 5 nitrogen and oxygen atoms in total. The molecule has 6 heteroatoms. The number of nitro groups is 1. The van der Waals surface area contributed by atoms with Crippen molar-refractivity contribution in [1.82, 2.24) is 5.32 Å². The Morgan fingerprint density at radius 2 is 2.20 bits per heavy atom. The lowest BCUT2D eigenvalue weighted by molar-refractivity contribution is -0.387. The number of para-hydroxylation sites is 1. The maximum absolute atomic E-state index is 11.0. The molecule has 0 saturated heterocycles. The Morgan fingerprint density at radius 1 is 1.55 bits per heavy atom. The van der Waals surface area contributed by atoms with E-state index < -0.39 is 5.54 Å². The van der Waals surface area contributed by atoms with E-state index in [9.17, 15) is 15.4 Å². The van der Waals surface area contributed by atoms with Crippen LogP contribution in [0.4, 0.5) is 5.69 Å². The lowest BCUT2D eigenvalue weighted by Crippen LogP contribution is -2.42. The van der Waals surface area contributed by atoms with Crippen molar-refractivity contribution < 1.29 is 4.92 Å². The van der Waals surface area contributed by atoms with Crippen molar-refractivity contribution in [3.8, 4) is 6.07 Å². The number of rotatable bonds is 7. The van der Waals surface area contributed by atoms with E-state index in [2.05, 4.69) is 11.4 Å². The second kappa shape index (κ2) is 7.27. The molecule has 1 aromatic rings. The number of hydrogen-bond acceptors (Lipinski definition) is 5. The fourth-order valence-electron chi connectivity index (χ4n) is 2.09. The summed E-state index contributed by atoms with van der Waals surface area (Å²) in [5.41, 5.74) is -0.489. The van der Waals surface area contributed by atoms with Gasteiger partial charge in [0, 0.05) is 11.3 Å². The molecule has 2 unspecified atom stereocenters. The Morgan fingerprint density at radius 3 is 2.75 bits per heavy atom. The molecule has 108 valence electrons. The number of nitriles is 1. The number of nitro benzene ring substituents is 1. The number of nitrogens with zero attached hydrogens (tertiary/aromatic N) is 2. The average molecular weight is 293 g/mol. The van der Waals surface area contributed by atoms with Crippen molar-refractivity contribution in [3.05, 3.63) is 34.4 Å². The third kappa shape index (κ3) is 4.51.